The summed E-state index contributed by atoms with van der Waals surface area (Å²) in [5.74, 6) is 0.0641. The molecule has 2 aromatic carbocycles. The predicted molar refractivity (Wildman–Crippen MR) is 99.7 cm³/mol. The van der Waals surface area contributed by atoms with Gasteiger partial charge in [-0.25, -0.2) is 12.8 Å². The van der Waals surface area contributed by atoms with Gasteiger partial charge in [-0.15, -0.1) is 0 Å². The van der Waals surface area contributed by atoms with E-state index in [1.54, 1.807) is 36.4 Å². The summed E-state index contributed by atoms with van der Waals surface area (Å²) in [6.45, 7) is 3.11. The highest BCUT2D eigenvalue weighted by Gasteiger charge is 2.31. The van der Waals surface area contributed by atoms with Crippen LogP contribution in [0.15, 0.2) is 58.4 Å². The molecule has 0 radical (unpaired) electrons. The zero-order valence-corrected chi connectivity index (χ0v) is 15.5. The summed E-state index contributed by atoms with van der Waals surface area (Å²) in [6, 6.07) is 13.1. The Morgan fingerprint density at radius 2 is 1.81 bits per heavy atom. The number of sulfonamides is 1. The molecule has 0 unspecified atom stereocenters. The lowest BCUT2D eigenvalue weighted by atomic mass is 10.0. The molecular weight excluding hydrogens is 369 g/mol. The molecule has 0 spiro atoms. The lowest BCUT2D eigenvalue weighted by Gasteiger charge is -2.34. The van der Waals surface area contributed by atoms with E-state index in [4.69, 9.17) is 4.74 Å². The zero-order valence-electron chi connectivity index (χ0n) is 14.6. The van der Waals surface area contributed by atoms with Crippen LogP contribution in [0, 0.1) is 5.82 Å². The van der Waals surface area contributed by atoms with Crippen molar-refractivity contribution in [2.45, 2.75) is 10.9 Å². The molecular formula is C19H20FN3O3S. The van der Waals surface area contributed by atoms with Gasteiger partial charge >= 0.3 is 0 Å². The minimum absolute atomic E-state index is 0.0840. The lowest BCUT2D eigenvalue weighted by molar-refractivity contribution is 0.0180. The molecule has 27 heavy (non-hydrogen) atoms. The molecule has 142 valence electrons. The summed E-state index contributed by atoms with van der Waals surface area (Å²) in [4.78, 5) is 7.06. The highest BCUT2D eigenvalue weighted by molar-refractivity contribution is 7.90. The Labute approximate surface area is 157 Å². The van der Waals surface area contributed by atoms with Crippen molar-refractivity contribution < 1.29 is 17.5 Å². The highest BCUT2D eigenvalue weighted by Crippen LogP contribution is 2.25. The van der Waals surface area contributed by atoms with Crippen LogP contribution in [0.3, 0.4) is 0 Å². The topological polar surface area (TPSA) is 71.0 Å². The summed E-state index contributed by atoms with van der Waals surface area (Å²) in [7, 11) is -3.56. The number of hydrogen-bond acceptors (Lipinski definition) is 5. The first kappa shape index (κ1) is 18.1. The second kappa shape index (κ2) is 7.38. The third-order valence-electron chi connectivity index (χ3n) is 4.83. The molecule has 2 aromatic rings. The Kier molecular flexibility index (Phi) is 4.94. The summed E-state index contributed by atoms with van der Waals surface area (Å²) < 4.78 is 45.8. The normalized spacial score (nSPS) is 21.6. The van der Waals surface area contributed by atoms with E-state index in [0.717, 1.165) is 18.7 Å². The molecule has 1 atom stereocenters. The average Bonchev–Trinajstić information content (AvgIpc) is 2.95. The van der Waals surface area contributed by atoms with Crippen LogP contribution in [0.25, 0.3) is 0 Å². The van der Waals surface area contributed by atoms with Crippen molar-refractivity contribution in [3.05, 3.63) is 65.5 Å². The van der Waals surface area contributed by atoms with Gasteiger partial charge in [-0.2, -0.15) is 0 Å². The third kappa shape index (κ3) is 3.73. The molecule has 1 saturated heterocycles. The fourth-order valence-corrected chi connectivity index (χ4v) is 4.69. The first-order valence-electron chi connectivity index (χ1n) is 8.78. The van der Waals surface area contributed by atoms with Gasteiger partial charge in [0.05, 0.1) is 30.7 Å². The van der Waals surface area contributed by atoms with Crippen LogP contribution in [-0.2, 0) is 14.8 Å². The molecule has 2 aliphatic rings. The largest absolute Gasteiger partial charge is 0.379 e. The number of fused-ring (bicyclic) bond motifs is 1. The Morgan fingerprint density at radius 3 is 2.56 bits per heavy atom. The van der Waals surface area contributed by atoms with Crippen molar-refractivity contribution in [2.75, 3.05) is 32.8 Å². The molecule has 0 bridgehead atoms. The maximum absolute atomic E-state index is 13.3. The van der Waals surface area contributed by atoms with E-state index < -0.39 is 10.0 Å². The van der Waals surface area contributed by atoms with Gasteiger partial charge in [0.1, 0.15) is 11.7 Å². The number of nitrogens with one attached hydrogen (secondary N) is 1. The Hall–Kier alpha value is -2.29. The molecule has 2 aliphatic heterocycles. The fourth-order valence-electron chi connectivity index (χ4n) is 3.43. The van der Waals surface area contributed by atoms with Crippen LogP contribution < -0.4 is 4.72 Å². The summed E-state index contributed by atoms with van der Waals surface area (Å²) >= 11 is 0. The maximum atomic E-state index is 13.3. The first-order valence-corrected chi connectivity index (χ1v) is 10.3. The highest BCUT2D eigenvalue weighted by atomic mass is 32.2. The minimum atomic E-state index is -3.56. The number of rotatable bonds is 4. The van der Waals surface area contributed by atoms with Gasteiger partial charge in [0, 0.05) is 18.7 Å². The number of nitrogens with zero attached hydrogens (tertiary/aromatic N) is 2. The second-order valence-electron chi connectivity index (χ2n) is 6.51. The van der Waals surface area contributed by atoms with E-state index in [1.165, 1.54) is 12.1 Å². The number of amidine groups is 1. The smallest absolute Gasteiger partial charge is 0.263 e. The van der Waals surface area contributed by atoms with Gasteiger partial charge in [0.15, 0.2) is 0 Å². The van der Waals surface area contributed by atoms with Crippen molar-refractivity contribution >= 4 is 15.9 Å². The monoisotopic (exact) mass is 389 g/mol. The van der Waals surface area contributed by atoms with Gasteiger partial charge < -0.3 is 4.74 Å². The van der Waals surface area contributed by atoms with E-state index in [-0.39, 0.29) is 16.8 Å². The number of hydrogen-bond donors (Lipinski definition) is 1. The lowest BCUT2D eigenvalue weighted by Crippen LogP contribution is -2.40. The van der Waals surface area contributed by atoms with Crippen molar-refractivity contribution in [1.82, 2.24) is 9.62 Å². The SMILES string of the molecule is O=S1(=O)NC(=NC[C@@H](c2ccc(F)cc2)N2CCOCC2)c2ccccc21. The molecule has 6 nitrogen and oxygen atoms in total. The minimum Gasteiger partial charge on any atom is -0.379 e. The number of ether oxygens (including phenoxy) is 1. The molecule has 0 saturated carbocycles. The van der Waals surface area contributed by atoms with Crippen LogP contribution in [0.1, 0.15) is 17.2 Å². The molecule has 2 heterocycles. The number of benzene rings is 2. The molecule has 0 amide bonds. The van der Waals surface area contributed by atoms with Crippen LogP contribution >= 0.6 is 0 Å². The molecule has 8 heteroatoms. The number of morpholine rings is 1. The summed E-state index contributed by atoms with van der Waals surface area (Å²) in [5.41, 5.74) is 1.52. The quantitative estimate of drug-likeness (QED) is 0.868. The number of aliphatic imine (C=N–C) groups is 1. The number of halogens is 1. The van der Waals surface area contributed by atoms with E-state index in [0.29, 0.717) is 31.2 Å². The van der Waals surface area contributed by atoms with Crippen LogP contribution in [-0.4, -0.2) is 52.0 Å². The van der Waals surface area contributed by atoms with Crippen molar-refractivity contribution in [1.29, 1.82) is 0 Å². The predicted octanol–water partition coefficient (Wildman–Crippen LogP) is 1.94. The van der Waals surface area contributed by atoms with Gasteiger partial charge in [-0.1, -0.05) is 24.3 Å². The zero-order chi connectivity index (χ0) is 18.9. The molecule has 1 N–H and O–H groups in total. The van der Waals surface area contributed by atoms with Crippen molar-refractivity contribution in [3.63, 3.8) is 0 Å². The summed E-state index contributed by atoms with van der Waals surface area (Å²) in [6.07, 6.45) is 0. The van der Waals surface area contributed by atoms with Crippen molar-refractivity contribution in [3.8, 4) is 0 Å². The standard InChI is InChI=1S/C19H20FN3O3S/c20-15-7-5-14(6-8-15)17(23-9-11-26-12-10-23)13-21-19-16-3-1-2-4-18(16)27(24,25)22-19/h1-8,17H,9-13H2,(H,21,22)/t17-/m0/s1. The van der Waals surface area contributed by atoms with Gasteiger partial charge in [0.25, 0.3) is 10.0 Å². The Bertz CT molecular complexity index is 954. The van der Waals surface area contributed by atoms with E-state index in [1.807, 2.05) is 0 Å². The Balaban J connectivity index is 1.64. The molecule has 0 aliphatic carbocycles. The second-order valence-corrected chi connectivity index (χ2v) is 8.16. The van der Waals surface area contributed by atoms with Crippen molar-refractivity contribution in [2.24, 2.45) is 4.99 Å². The molecule has 0 aromatic heterocycles. The Morgan fingerprint density at radius 1 is 1.11 bits per heavy atom. The van der Waals surface area contributed by atoms with Gasteiger partial charge in [-0.3, -0.25) is 14.6 Å². The average molecular weight is 389 g/mol. The van der Waals surface area contributed by atoms with E-state index >= 15 is 0 Å². The van der Waals surface area contributed by atoms with Crippen LogP contribution in [0.2, 0.25) is 0 Å². The van der Waals surface area contributed by atoms with E-state index in [9.17, 15) is 12.8 Å². The van der Waals surface area contributed by atoms with Crippen LogP contribution in [0.4, 0.5) is 4.39 Å². The first-order chi connectivity index (χ1) is 13.0. The summed E-state index contributed by atoms with van der Waals surface area (Å²) in [5, 5.41) is 0. The molecule has 4 rings (SSSR count). The maximum Gasteiger partial charge on any atom is 0.263 e. The van der Waals surface area contributed by atoms with Gasteiger partial charge in [0.2, 0.25) is 0 Å². The third-order valence-corrected chi connectivity index (χ3v) is 6.22. The van der Waals surface area contributed by atoms with E-state index in [2.05, 4.69) is 14.6 Å². The molecule has 1 fully saturated rings. The van der Waals surface area contributed by atoms with Gasteiger partial charge in [-0.05, 0) is 29.8 Å². The van der Waals surface area contributed by atoms with Crippen LogP contribution in [0.5, 0.6) is 0 Å². The fraction of sp³-hybridized carbons (Fsp3) is 0.316.